The SMILES string of the molecule is Cc1ccncc1-c1noc(C(C)(C)N)n1. The van der Waals surface area contributed by atoms with E-state index in [1.807, 2.05) is 26.8 Å². The van der Waals surface area contributed by atoms with Crippen LogP contribution in [0.25, 0.3) is 11.4 Å². The normalized spacial score (nSPS) is 11.8. The lowest BCUT2D eigenvalue weighted by Gasteiger charge is -2.10. The lowest BCUT2D eigenvalue weighted by Crippen LogP contribution is -2.28. The highest BCUT2D eigenvalue weighted by Crippen LogP contribution is 2.22. The van der Waals surface area contributed by atoms with E-state index in [0.717, 1.165) is 11.1 Å². The minimum absolute atomic E-state index is 0.422. The maximum Gasteiger partial charge on any atom is 0.246 e. The first kappa shape index (κ1) is 10.8. The van der Waals surface area contributed by atoms with Gasteiger partial charge in [0.05, 0.1) is 5.54 Å². The van der Waals surface area contributed by atoms with E-state index in [9.17, 15) is 0 Å². The molecule has 2 heterocycles. The summed E-state index contributed by atoms with van der Waals surface area (Å²) >= 11 is 0. The highest BCUT2D eigenvalue weighted by atomic mass is 16.5. The molecule has 0 atom stereocenters. The van der Waals surface area contributed by atoms with Crippen molar-refractivity contribution in [2.24, 2.45) is 5.73 Å². The molecular weight excluding hydrogens is 204 g/mol. The van der Waals surface area contributed by atoms with Crippen LogP contribution >= 0.6 is 0 Å². The molecule has 84 valence electrons. The number of pyridine rings is 1. The summed E-state index contributed by atoms with van der Waals surface area (Å²) in [5.41, 5.74) is 7.17. The Bertz CT molecular complexity index is 499. The molecule has 5 heteroatoms. The number of rotatable bonds is 2. The van der Waals surface area contributed by atoms with E-state index < -0.39 is 5.54 Å². The fourth-order valence-electron chi connectivity index (χ4n) is 1.29. The average Bonchev–Trinajstić information content (AvgIpc) is 2.66. The molecule has 0 aliphatic heterocycles. The van der Waals surface area contributed by atoms with Crippen molar-refractivity contribution < 1.29 is 4.52 Å². The van der Waals surface area contributed by atoms with Gasteiger partial charge in [0.1, 0.15) is 0 Å². The van der Waals surface area contributed by atoms with Crippen molar-refractivity contribution >= 4 is 0 Å². The van der Waals surface area contributed by atoms with Gasteiger partial charge in [-0.15, -0.1) is 0 Å². The van der Waals surface area contributed by atoms with Crippen LogP contribution in [0.5, 0.6) is 0 Å². The van der Waals surface area contributed by atoms with Gasteiger partial charge in [-0.2, -0.15) is 4.98 Å². The van der Waals surface area contributed by atoms with Gasteiger partial charge in [0.25, 0.3) is 0 Å². The average molecular weight is 218 g/mol. The van der Waals surface area contributed by atoms with Crippen LogP contribution in [0.2, 0.25) is 0 Å². The molecule has 0 aromatic carbocycles. The van der Waals surface area contributed by atoms with Crippen LogP contribution in [0.4, 0.5) is 0 Å². The van der Waals surface area contributed by atoms with Gasteiger partial charge in [0.2, 0.25) is 11.7 Å². The molecule has 0 spiro atoms. The summed E-state index contributed by atoms with van der Waals surface area (Å²) in [5.74, 6) is 0.949. The Morgan fingerprint density at radius 2 is 2.12 bits per heavy atom. The molecule has 0 unspecified atom stereocenters. The first-order valence-electron chi connectivity index (χ1n) is 5.02. The largest absolute Gasteiger partial charge is 0.337 e. The van der Waals surface area contributed by atoms with Gasteiger partial charge in [0.15, 0.2) is 0 Å². The Balaban J connectivity index is 2.44. The predicted molar refractivity (Wildman–Crippen MR) is 59.5 cm³/mol. The monoisotopic (exact) mass is 218 g/mol. The zero-order chi connectivity index (χ0) is 11.8. The summed E-state index contributed by atoms with van der Waals surface area (Å²) in [5, 5.41) is 3.91. The lowest BCUT2D eigenvalue weighted by molar-refractivity contribution is 0.312. The molecule has 0 saturated heterocycles. The maximum absolute atomic E-state index is 5.87. The lowest BCUT2D eigenvalue weighted by atomic mass is 10.1. The van der Waals surface area contributed by atoms with Crippen molar-refractivity contribution in [2.75, 3.05) is 0 Å². The highest BCUT2D eigenvalue weighted by molar-refractivity contribution is 5.57. The van der Waals surface area contributed by atoms with Crippen molar-refractivity contribution in [1.82, 2.24) is 15.1 Å². The molecule has 0 aliphatic carbocycles. The van der Waals surface area contributed by atoms with Gasteiger partial charge in [0, 0.05) is 18.0 Å². The van der Waals surface area contributed by atoms with E-state index in [4.69, 9.17) is 10.3 Å². The van der Waals surface area contributed by atoms with Crippen LogP contribution in [0.15, 0.2) is 23.0 Å². The highest BCUT2D eigenvalue weighted by Gasteiger charge is 2.23. The molecule has 16 heavy (non-hydrogen) atoms. The maximum atomic E-state index is 5.87. The molecular formula is C11H14N4O. The minimum Gasteiger partial charge on any atom is -0.337 e. The predicted octanol–water partition coefficient (Wildman–Crippen LogP) is 1.63. The quantitative estimate of drug-likeness (QED) is 0.828. The van der Waals surface area contributed by atoms with E-state index in [2.05, 4.69) is 15.1 Å². The molecule has 0 saturated carbocycles. The molecule has 2 rings (SSSR count). The fourth-order valence-corrected chi connectivity index (χ4v) is 1.29. The molecule has 0 amide bonds. The first-order chi connectivity index (χ1) is 7.48. The Hall–Kier alpha value is -1.75. The number of nitrogens with zero attached hydrogens (tertiary/aromatic N) is 3. The standard InChI is InChI=1S/C11H14N4O/c1-7-4-5-13-6-8(7)9-14-10(16-15-9)11(2,3)12/h4-6H,12H2,1-3H3. The van der Waals surface area contributed by atoms with E-state index in [1.54, 1.807) is 12.4 Å². The Morgan fingerprint density at radius 3 is 2.69 bits per heavy atom. The molecule has 2 aromatic rings. The van der Waals surface area contributed by atoms with E-state index >= 15 is 0 Å². The molecule has 0 radical (unpaired) electrons. The number of nitrogens with two attached hydrogens (primary N) is 1. The van der Waals surface area contributed by atoms with Crippen LogP contribution in [-0.2, 0) is 5.54 Å². The summed E-state index contributed by atoms with van der Waals surface area (Å²) in [7, 11) is 0. The molecule has 5 nitrogen and oxygen atoms in total. The number of aromatic nitrogens is 3. The van der Waals surface area contributed by atoms with Crippen molar-refractivity contribution in [3.63, 3.8) is 0 Å². The van der Waals surface area contributed by atoms with Crippen LogP contribution in [0.1, 0.15) is 25.3 Å². The molecule has 2 aromatic heterocycles. The van der Waals surface area contributed by atoms with Gasteiger partial charge in [-0.25, -0.2) is 0 Å². The van der Waals surface area contributed by atoms with E-state index in [0.29, 0.717) is 11.7 Å². The topological polar surface area (TPSA) is 77.8 Å². The van der Waals surface area contributed by atoms with Crippen molar-refractivity contribution in [3.8, 4) is 11.4 Å². The molecule has 2 N–H and O–H groups in total. The van der Waals surface area contributed by atoms with Crippen LogP contribution in [0.3, 0.4) is 0 Å². The van der Waals surface area contributed by atoms with E-state index in [1.165, 1.54) is 0 Å². The summed E-state index contributed by atoms with van der Waals surface area (Å²) in [6, 6.07) is 1.90. The first-order valence-corrected chi connectivity index (χ1v) is 5.02. The Morgan fingerprint density at radius 1 is 1.38 bits per heavy atom. The van der Waals surface area contributed by atoms with Gasteiger partial charge in [-0.05, 0) is 32.4 Å². The van der Waals surface area contributed by atoms with Crippen molar-refractivity contribution in [3.05, 3.63) is 29.9 Å². The van der Waals surface area contributed by atoms with Gasteiger partial charge >= 0.3 is 0 Å². The summed E-state index contributed by atoms with van der Waals surface area (Å²) in [6.45, 7) is 5.61. The van der Waals surface area contributed by atoms with Gasteiger partial charge in [-0.3, -0.25) is 4.98 Å². The van der Waals surface area contributed by atoms with Crippen molar-refractivity contribution in [1.29, 1.82) is 0 Å². The number of hydrogen-bond acceptors (Lipinski definition) is 5. The van der Waals surface area contributed by atoms with Gasteiger partial charge in [-0.1, -0.05) is 5.16 Å². The molecule has 0 aliphatic rings. The summed E-state index contributed by atoms with van der Waals surface area (Å²) in [6.07, 6.45) is 3.44. The molecule has 0 fully saturated rings. The van der Waals surface area contributed by atoms with Crippen LogP contribution in [-0.4, -0.2) is 15.1 Å². The summed E-state index contributed by atoms with van der Waals surface area (Å²) in [4.78, 5) is 8.31. The second-order valence-electron chi connectivity index (χ2n) is 4.34. The third-order valence-electron chi connectivity index (χ3n) is 2.26. The van der Waals surface area contributed by atoms with Gasteiger partial charge < -0.3 is 10.3 Å². The molecule has 0 bridgehead atoms. The van der Waals surface area contributed by atoms with Crippen molar-refractivity contribution in [2.45, 2.75) is 26.3 Å². The third kappa shape index (κ3) is 1.94. The van der Waals surface area contributed by atoms with Crippen LogP contribution in [0, 0.1) is 6.92 Å². The summed E-state index contributed by atoms with van der Waals surface area (Å²) < 4.78 is 5.12. The van der Waals surface area contributed by atoms with E-state index in [-0.39, 0.29) is 0 Å². The number of hydrogen-bond donors (Lipinski definition) is 1. The van der Waals surface area contributed by atoms with Crippen LogP contribution < -0.4 is 5.73 Å². The fraction of sp³-hybridized carbons (Fsp3) is 0.364. The zero-order valence-corrected chi connectivity index (χ0v) is 9.56. The number of aryl methyl sites for hydroxylation is 1. The Kier molecular flexibility index (Phi) is 2.47. The minimum atomic E-state index is -0.624. The zero-order valence-electron chi connectivity index (χ0n) is 9.56. The smallest absolute Gasteiger partial charge is 0.246 e. The second-order valence-corrected chi connectivity index (χ2v) is 4.34. The second kappa shape index (κ2) is 3.68. The Labute approximate surface area is 93.7 Å². The third-order valence-corrected chi connectivity index (χ3v) is 2.26.